The van der Waals surface area contributed by atoms with Crippen LogP contribution >= 0.6 is 0 Å². The molecular formula is C15H18N2O2. The van der Waals surface area contributed by atoms with E-state index in [9.17, 15) is 4.79 Å². The van der Waals surface area contributed by atoms with Crippen molar-refractivity contribution in [1.29, 1.82) is 0 Å². The summed E-state index contributed by atoms with van der Waals surface area (Å²) in [6.45, 7) is 3.83. The normalized spacial score (nSPS) is 10.7. The summed E-state index contributed by atoms with van der Waals surface area (Å²) in [6.07, 6.45) is 1.22. The largest absolute Gasteiger partial charge is 0.396 e. The van der Waals surface area contributed by atoms with E-state index in [4.69, 9.17) is 5.11 Å². The van der Waals surface area contributed by atoms with Crippen molar-refractivity contribution in [2.45, 2.75) is 26.7 Å². The molecule has 0 spiro atoms. The van der Waals surface area contributed by atoms with Gasteiger partial charge >= 0.3 is 0 Å². The van der Waals surface area contributed by atoms with Gasteiger partial charge in [-0.2, -0.15) is 0 Å². The smallest absolute Gasteiger partial charge is 0.254 e. The van der Waals surface area contributed by atoms with Crippen LogP contribution < -0.4 is 5.56 Å². The van der Waals surface area contributed by atoms with Crippen molar-refractivity contribution in [1.82, 2.24) is 9.97 Å². The third kappa shape index (κ3) is 2.74. The van der Waals surface area contributed by atoms with E-state index in [1.165, 1.54) is 0 Å². The number of hydrogen-bond donors (Lipinski definition) is 2. The number of aliphatic hydroxyl groups excluding tert-OH is 1. The highest BCUT2D eigenvalue weighted by Gasteiger charge is 2.10. The van der Waals surface area contributed by atoms with Gasteiger partial charge in [-0.1, -0.05) is 31.2 Å². The molecule has 0 aliphatic carbocycles. The molecule has 0 aliphatic heterocycles. The van der Waals surface area contributed by atoms with E-state index in [-0.39, 0.29) is 12.2 Å². The molecule has 1 aromatic heterocycles. The topological polar surface area (TPSA) is 66.0 Å². The molecule has 2 aromatic rings. The molecule has 0 radical (unpaired) electrons. The zero-order valence-electron chi connectivity index (χ0n) is 11.2. The zero-order valence-corrected chi connectivity index (χ0v) is 11.2. The molecule has 19 heavy (non-hydrogen) atoms. The van der Waals surface area contributed by atoms with E-state index in [1.54, 1.807) is 6.92 Å². The highest BCUT2D eigenvalue weighted by Crippen LogP contribution is 2.20. The number of H-pyrrole nitrogens is 1. The van der Waals surface area contributed by atoms with Crippen LogP contribution in [0.3, 0.4) is 0 Å². The first-order valence-corrected chi connectivity index (χ1v) is 6.46. The molecule has 0 saturated heterocycles. The molecule has 0 unspecified atom stereocenters. The number of rotatable bonds is 4. The van der Waals surface area contributed by atoms with Gasteiger partial charge < -0.3 is 10.1 Å². The van der Waals surface area contributed by atoms with Gasteiger partial charge in [-0.15, -0.1) is 0 Å². The number of aryl methyl sites for hydroxylation is 2. The van der Waals surface area contributed by atoms with E-state index < -0.39 is 0 Å². The fourth-order valence-corrected chi connectivity index (χ4v) is 2.20. The maximum Gasteiger partial charge on any atom is 0.254 e. The Labute approximate surface area is 112 Å². The molecular weight excluding hydrogens is 240 g/mol. The summed E-state index contributed by atoms with van der Waals surface area (Å²) in [7, 11) is 0. The lowest BCUT2D eigenvalue weighted by Crippen LogP contribution is -2.18. The molecule has 0 bridgehead atoms. The SMILES string of the molecule is CCc1ccccc1-c1nc(C)c(CCO)c(=O)[nH]1. The molecule has 0 saturated carbocycles. The number of aromatic amines is 1. The van der Waals surface area contributed by atoms with Crippen molar-refractivity contribution in [3.63, 3.8) is 0 Å². The van der Waals surface area contributed by atoms with E-state index in [0.717, 1.165) is 17.5 Å². The number of aliphatic hydroxyl groups is 1. The lowest BCUT2D eigenvalue weighted by atomic mass is 10.0. The van der Waals surface area contributed by atoms with Gasteiger partial charge in [-0.3, -0.25) is 4.79 Å². The molecule has 4 nitrogen and oxygen atoms in total. The van der Waals surface area contributed by atoms with Gasteiger partial charge in [0.1, 0.15) is 5.82 Å². The van der Waals surface area contributed by atoms with Crippen LogP contribution in [0.25, 0.3) is 11.4 Å². The molecule has 4 heteroatoms. The fraction of sp³-hybridized carbons (Fsp3) is 0.333. The Kier molecular flexibility index (Phi) is 4.12. The molecule has 0 fully saturated rings. The summed E-state index contributed by atoms with van der Waals surface area (Å²) in [6, 6.07) is 7.91. The molecule has 1 aromatic carbocycles. The molecule has 1 heterocycles. The Morgan fingerprint density at radius 2 is 2.05 bits per heavy atom. The van der Waals surface area contributed by atoms with Crippen LogP contribution in [-0.2, 0) is 12.8 Å². The molecule has 0 atom stereocenters. The predicted molar refractivity (Wildman–Crippen MR) is 75.2 cm³/mol. The average Bonchev–Trinajstić information content (AvgIpc) is 2.42. The first kappa shape index (κ1) is 13.5. The maximum absolute atomic E-state index is 12.0. The minimum absolute atomic E-state index is 0.0451. The van der Waals surface area contributed by atoms with Crippen molar-refractivity contribution in [2.24, 2.45) is 0 Å². The van der Waals surface area contributed by atoms with Crippen LogP contribution in [0.5, 0.6) is 0 Å². The lowest BCUT2D eigenvalue weighted by molar-refractivity contribution is 0.298. The Morgan fingerprint density at radius 3 is 2.68 bits per heavy atom. The quantitative estimate of drug-likeness (QED) is 0.879. The number of hydrogen-bond acceptors (Lipinski definition) is 3. The summed E-state index contributed by atoms with van der Waals surface area (Å²) in [5.74, 6) is 0.599. The molecule has 0 aliphatic rings. The lowest BCUT2D eigenvalue weighted by Gasteiger charge is -2.09. The summed E-state index contributed by atoms with van der Waals surface area (Å²) in [5, 5.41) is 8.96. The van der Waals surface area contributed by atoms with E-state index in [0.29, 0.717) is 23.5 Å². The number of nitrogens with zero attached hydrogens (tertiary/aromatic N) is 1. The summed E-state index contributed by atoms with van der Waals surface area (Å²) >= 11 is 0. The van der Waals surface area contributed by atoms with Gasteiger partial charge in [0.05, 0.1) is 0 Å². The third-order valence-corrected chi connectivity index (χ3v) is 3.24. The molecule has 2 rings (SSSR count). The fourth-order valence-electron chi connectivity index (χ4n) is 2.20. The van der Waals surface area contributed by atoms with Crippen LogP contribution in [0.1, 0.15) is 23.7 Å². The highest BCUT2D eigenvalue weighted by molar-refractivity contribution is 5.60. The number of aromatic nitrogens is 2. The monoisotopic (exact) mass is 258 g/mol. The van der Waals surface area contributed by atoms with E-state index in [1.807, 2.05) is 24.3 Å². The average molecular weight is 258 g/mol. The van der Waals surface area contributed by atoms with Crippen LogP contribution in [0, 0.1) is 6.92 Å². The zero-order chi connectivity index (χ0) is 13.8. The van der Waals surface area contributed by atoms with Gasteiger partial charge in [-0.05, 0) is 18.9 Å². The number of benzene rings is 1. The van der Waals surface area contributed by atoms with Gasteiger partial charge in [0.25, 0.3) is 5.56 Å². The van der Waals surface area contributed by atoms with Crippen molar-refractivity contribution < 1.29 is 5.11 Å². The second-order valence-corrected chi connectivity index (χ2v) is 4.46. The summed E-state index contributed by atoms with van der Waals surface area (Å²) < 4.78 is 0. The highest BCUT2D eigenvalue weighted by atomic mass is 16.3. The van der Waals surface area contributed by atoms with Crippen LogP contribution in [0.4, 0.5) is 0 Å². The van der Waals surface area contributed by atoms with Gasteiger partial charge in [-0.25, -0.2) is 4.98 Å². The van der Waals surface area contributed by atoms with Crippen LogP contribution in [0.15, 0.2) is 29.1 Å². The summed E-state index contributed by atoms with van der Waals surface area (Å²) in [4.78, 5) is 19.3. The molecule has 0 amide bonds. The van der Waals surface area contributed by atoms with Crippen molar-refractivity contribution in [3.05, 3.63) is 51.4 Å². The van der Waals surface area contributed by atoms with Gasteiger partial charge in [0, 0.05) is 29.8 Å². The Bertz CT molecular complexity index is 632. The third-order valence-electron chi connectivity index (χ3n) is 3.24. The van der Waals surface area contributed by atoms with Gasteiger partial charge in [0.15, 0.2) is 0 Å². The molecule has 2 N–H and O–H groups in total. The Hall–Kier alpha value is -1.94. The first-order valence-electron chi connectivity index (χ1n) is 6.46. The summed E-state index contributed by atoms with van der Waals surface area (Å²) in [5.41, 5.74) is 3.18. The van der Waals surface area contributed by atoms with Crippen molar-refractivity contribution >= 4 is 0 Å². The molecule has 100 valence electrons. The van der Waals surface area contributed by atoms with E-state index in [2.05, 4.69) is 16.9 Å². The van der Waals surface area contributed by atoms with Crippen molar-refractivity contribution in [2.75, 3.05) is 6.61 Å². The minimum atomic E-state index is -0.164. The Morgan fingerprint density at radius 1 is 1.32 bits per heavy atom. The first-order chi connectivity index (χ1) is 9.17. The standard InChI is InChI=1S/C15H18N2O2/c1-3-11-6-4-5-7-13(11)14-16-10(2)12(8-9-18)15(19)17-14/h4-7,18H,3,8-9H2,1-2H3,(H,16,17,19). The van der Waals surface area contributed by atoms with Gasteiger partial charge in [0.2, 0.25) is 0 Å². The second-order valence-electron chi connectivity index (χ2n) is 4.46. The predicted octanol–water partition coefficient (Wildman–Crippen LogP) is 1.84. The van der Waals surface area contributed by atoms with E-state index >= 15 is 0 Å². The maximum atomic E-state index is 12.0. The van der Waals surface area contributed by atoms with Crippen molar-refractivity contribution in [3.8, 4) is 11.4 Å². The minimum Gasteiger partial charge on any atom is -0.396 e. The van der Waals surface area contributed by atoms with Crippen LogP contribution in [0.2, 0.25) is 0 Å². The van der Waals surface area contributed by atoms with Crippen LogP contribution in [-0.4, -0.2) is 21.7 Å². The second kappa shape index (κ2) is 5.80. The Balaban J connectivity index is 2.55. The number of nitrogens with one attached hydrogen (secondary N) is 1.